The van der Waals surface area contributed by atoms with Crippen molar-refractivity contribution in [3.63, 3.8) is 0 Å². The van der Waals surface area contributed by atoms with Crippen molar-refractivity contribution >= 4 is 23.6 Å². The first-order valence-corrected chi connectivity index (χ1v) is 5.69. The zero-order valence-corrected chi connectivity index (χ0v) is 9.87. The molecule has 0 bridgehead atoms. The molecule has 0 aliphatic carbocycles. The zero-order chi connectivity index (χ0) is 12.0. The molecule has 0 aliphatic rings. The van der Waals surface area contributed by atoms with Crippen LogP contribution in [0, 0.1) is 0 Å². The number of aliphatic carboxylic acids is 1. The van der Waals surface area contributed by atoms with Crippen LogP contribution in [0.1, 0.15) is 20.8 Å². The molecule has 3 unspecified atom stereocenters. The molecule has 3 N–H and O–H groups in total. The first-order chi connectivity index (χ1) is 6.84. The monoisotopic (exact) mass is 235 g/mol. The van der Waals surface area contributed by atoms with Gasteiger partial charge in [0.1, 0.15) is 6.04 Å². The molecular formula is C9H17NO4S. The lowest BCUT2D eigenvalue weighted by molar-refractivity contribution is -0.140. The van der Waals surface area contributed by atoms with Crippen molar-refractivity contribution in [2.75, 3.05) is 5.75 Å². The number of carbonyl (C=O) groups excluding carboxylic acids is 1. The first-order valence-electron chi connectivity index (χ1n) is 4.64. The topological polar surface area (TPSA) is 86.6 Å². The van der Waals surface area contributed by atoms with Gasteiger partial charge in [-0.2, -0.15) is 11.8 Å². The summed E-state index contributed by atoms with van der Waals surface area (Å²) in [6.07, 6.45) is -0.498. The summed E-state index contributed by atoms with van der Waals surface area (Å²) in [6, 6.07) is -0.895. The molecule has 0 fully saturated rings. The maximum absolute atomic E-state index is 10.7. The standard InChI is InChI=1S/C9H17NO4S/c1-5(11)6(2)15-4-8(9(13)14)10-7(3)12/h5-6,8,11H,4H2,1-3H3,(H,10,12)(H,13,14). The zero-order valence-electron chi connectivity index (χ0n) is 9.06. The number of amides is 1. The van der Waals surface area contributed by atoms with Crippen molar-refractivity contribution in [2.45, 2.75) is 38.2 Å². The van der Waals surface area contributed by atoms with Gasteiger partial charge < -0.3 is 15.5 Å². The summed E-state index contributed by atoms with van der Waals surface area (Å²) in [4.78, 5) is 21.4. The van der Waals surface area contributed by atoms with Gasteiger partial charge in [0.2, 0.25) is 5.91 Å². The van der Waals surface area contributed by atoms with E-state index < -0.39 is 18.1 Å². The molecule has 6 heteroatoms. The van der Waals surface area contributed by atoms with E-state index in [1.165, 1.54) is 18.7 Å². The number of thioether (sulfide) groups is 1. The lowest BCUT2D eigenvalue weighted by Crippen LogP contribution is -2.42. The van der Waals surface area contributed by atoms with Crippen molar-refractivity contribution in [1.82, 2.24) is 5.32 Å². The van der Waals surface area contributed by atoms with Crippen molar-refractivity contribution < 1.29 is 19.8 Å². The van der Waals surface area contributed by atoms with E-state index in [0.717, 1.165) is 0 Å². The van der Waals surface area contributed by atoms with Gasteiger partial charge in [0.25, 0.3) is 0 Å². The third-order valence-corrected chi connectivity index (χ3v) is 3.33. The number of carboxylic acids is 1. The molecule has 0 aromatic rings. The van der Waals surface area contributed by atoms with Crippen molar-refractivity contribution in [3.05, 3.63) is 0 Å². The highest BCUT2D eigenvalue weighted by molar-refractivity contribution is 8.00. The molecule has 0 saturated carbocycles. The van der Waals surface area contributed by atoms with E-state index in [2.05, 4.69) is 5.32 Å². The SMILES string of the molecule is CC(=O)NC(CSC(C)C(C)O)C(=O)O. The molecule has 0 rings (SSSR count). The number of hydrogen-bond donors (Lipinski definition) is 3. The van der Waals surface area contributed by atoms with Gasteiger partial charge in [-0.05, 0) is 6.92 Å². The highest BCUT2D eigenvalue weighted by Gasteiger charge is 2.20. The summed E-state index contributed by atoms with van der Waals surface area (Å²) in [7, 11) is 0. The lowest BCUT2D eigenvalue weighted by Gasteiger charge is -2.17. The Kier molecular flexibility index (Phi) is 6.35. The number of hydrogen-bond acceptors (Lipinski definition) is 4. The second kappa shape index (κ2) is 6.68. The molecule has 0 aromatic carbocycles. The minimum Gasteiger partial charge on any atom is -0.480 e. The molecule has 0 aromatic heterocycles. The average Bonchev–Trinajstić information content (AvgIpc) is 2.10. The third kappa shape index (κ3) is 6.35. The molecule has 0 aliphatic heterocycles. The molecule has 0 spiro atoms. The molecule has 15 heavy (non-hydrogen) atoms. The Balaban J connectivity index is 4.07. The highest BCUT2D eigenvalue weighted by Crippen LogP contribution is 2.15. The van der Waals surface area contributed by atoms with E-state index in [9.17, 15) is 14.7 Å². The van der Waals surface area contributed by atoms with E-state index >= 15 is 0 Å². The molecule has 88 valence electrons. The Morgan fingerprint density at radius 2 is 1.93 bits per heavy atom. The van der Waals surface area contributed by atoms with E-state index in [-0.39, 0.29) is 16.9 Å². The largest absolute Gasteiger partial charge is 0.480 e. The summed E-state index contributed by atoms with van der Waals surface area (Å²) in [5, 5.41) is 20.3. The second-order valence-corrected chi connectivity index (χ2v) is 4.78. The number of aliphatic hydroxyl groups is 1. The van der Waals surface area contributed by atoms with Gasteiger partial charge in [0, 0.05) is 17.9 Å². The van der Waals surface area contributed by atoms with Crippen LogP contribution in [0.25, 0.3) is 0 Å². The lowest BCUT2D eigenvalue weighted by atomic mass is 10.3. The fourth-order valence-corrected chi connectivity index (χ4v) is 1.81. The molecular weight excluding hydrogens is 218 g/mol. The maximum atomic E-state index is 10.7. The predicted octanol–water partition coefficient (Wildman–Crippen LogP) is 0.0782. The minimum absolute atomic E-state index is 0.0550. The number of carboxylic acid groups (broad SMARTS) is 1. The van der Waals surface area contributed by atoms with E-state index in [1.807, 2.05) is 6.92 Å². The van der Waals surface area contributed by atoms with Gasteiger partial charge in [-0.1, -0.05) is 6.92 Å². The highest BCUT2D eigenvalue weighted by atomic mass is 32.2. The molecule has 1 amide bonds. The Hall–Kier alpha value is -0.750. The van der Waals surface area contributed by atoms with Gasteiger partial charge in [0.05, 0.1) is 6.10 Å². The summed E-state index contributed by atoms with van der Waals surface area (Å²) >= 11 is 1.32. The normalized spacial score (nSPS) is 16.5. The summed E-state index contributed by atoms with van der Waals surface area (Å²) in [6.45, 7) is 4.73. The van der Waals surface area contributed by atoms with Crippen LogP contribution in [0.5, 0.6) is 0 Å². The number of aliphatic hydroxyl groups excluding tert-OH is 1. The van der Waals surface area contributed by atoms with E-state index in [1.54, 1.807) is 6.92 Å². The van der Waals surface area contributed by atoms with Crippen LogP contribution in [-0.2, 0) is 9.59 Å². The Labute approximate surface area is 93.2 Å². The quantitative estimate of drug-likeness (QED) is 0.607. The molecule has 0 radical (unpaired) electrons. The molecule has 0 saturated heterocycles. The summed E-state index contributed by atoms with van der Waals surface area (Å²) < 4.78 is 0. The van der Waals surface area contributed by atoms with E-state index in [4.69, 9.17) is 5.11 Å². The Bertz CT molecular complexity index is 232. The Morgan fingerprint density at radius 1 is 1.40 bits per heavy atom. The number of nitrogens with one attached hydrogen (secondary N) is 1. The predicted molar refractivity (Wildman–Crippen MR) is 58.8 cm³/mol. The van der Waals surface area contributed by atoms with E-state index in [0.29, 0.717) is 0 Å². The second-order valence-electron chi connectivity index (χ2n) is 3.37. The van der Waals surface area contributed by atoms with Crippen LogP contribution in [0.2, 0.25) is 0 Å². The van der Waals surface area contributed by atoms with Crippen molar-refractivity contribution in [1.29, 1.82) is 0 Å². The van der Waals surface area contributed by atoms with Crippen LogP contribution in [0.15, 0.2) is 0 Å². The van der Waals surface area contributed by atoms with Crippen molar-refractivity contribution in [2.24, 2.45) is 0 Å². The number of rotatable bonds is 6. The minimum atomic E-state index is -1.06. The third-order valence-electron chi connectivity index (χ3n) is 1.88. The Morgan fingerprint density at radius 3 is 2.27 bits per heavy atom. The first kappa shape index (κ1) is 14.2. The van der Waals surface area contributed by atoms with Gasteiger partial charge >= 0.3 is 5.97 Å². The average molecular weight is 235 g/mol. The molecule has 0 heterocycles. The maximum Gasteiger partial charge on any atom is 0.327 e. The van der Waals surface area contributed by atoms with Gasteiger partial charge in [0.15, 0.2) is 0 Å². The van der Waals surface area contributed by atoms with Crippen molar-refractivity contribution in [3.8, 4) is 0 Å². The fourth-order valence-electron chi connectivity index (χ4n) is 0.807. The smallest absolute Gasteiger partial charge is 0.327 e. The van der Waals surface area contributed by atoms with Crippen LogP contribution >= 0.6 is 11.8 Å². The van der Waals surface area contributed by atoms with Gasteiger partial charge in [-0.25, -0.2) is 4.79 Å². The van der Waals surface area contributed by atoms with Crippen LogP contribution in [-0.4, -0.2) is 45.2 Å². The summed E-state index contributed by atoms with van der Waals surface area (Å²) in [5.41, 5.74) is 0. The molecule has 3 atom stereocenters. The van der Waals surface area contributed by atoms with Crippen LogP contribution < -0.4 is 5.32 Å². The van der Waals surface area contributed by atoms with Gasteiger partial charge in [-0.3, -0.25) is 4.79 Å². The summed E-state index contributed by atoms with van der Waals surface area (Å²) in [5.74, 6) is -1.18. The van der Waals surface area contributed by atoms with Crippen LogP contribution in [0.4, 0.5) is 0 Å². The van der Waals surface area contributed by atoms with Gasteiger partial charge in [-0.15, -0.1) is 0 Å². The van der Waals surface area contributed by atoms with Crippen LogP contribution in [0.3, 0.4) is 0 Å². The fraction of sp³-hybridized carbons (Fsp3) is 0.778. The molecule has 5 nitrogen and oxygen atoms in total. The number of carbonyl (C=O) groups is 2.